The van der Waals surface area contributed by atoms with E-state index in [-0.39, 0.29) is 18.7 Å². The molecule has 2 atom stereocenters. The van der Waals surface area contributed by atoms with Crippen LogP contribution in [-0.4, -0.2) is 47.2 Å². The van der Waals surface area contributed by atoms with E-state index in [1.807, 2.05) is 40.6 Å². The van der Waals surface area contributed by atoms with Crippen LogP contribution in [0.1, 0.15) is 32.9 Å². The minimum Gasteiger partial charge on any atom is -0.465 e. The van der Waals surface area contributed by atoms with Gasteiger partial charge in [0.2, 0.25) is 0 Å². The van der Waals surface area contributed by atoms with Crippen molar-refractivity contribution in [2.24, 2.45) is 5.92 Å². The van der Waals surface area contributed by atoms with Crippen LogP contribution in [0.2, 0.25) is 0 Å². The highest BCUT2D eigenvalue weighted by Crippen LogP contribution is 2.27. The molecule has 0 amide bonds. The number of ether oxygens (including phenoxy) is 2. The van der Waals surface area contributed by atoms with Crippen molar-refractivity contribution in [1.82, 2.24) is 9.88 Å². The quantitative estimate of drug-likeness (QED) is 0.630. The van der Waals surface area contributed by atoms with E-state index in [9.17, 15) is 9.59 Å². The van der Waals surface area contributed by atoms with Crippen LogP contribution < -0.4 is 0 Å². The van der Waals surface area contributed by atoms with Crippen molar-refractivity contribution in [3.63, 3.8) is 0 Å². The van der Waals surface area contributed by atoms with Crippen LogP contribution in [0.25, 0.3) is 10.6 Å². The Morgan fingerprint density at radius 1 is 1.36 bits per heavy atom. The summed E-state index contributed by atoms with van der Waals surface area (Å²) in [5.74, 6) is -0.306. The molecule has 2 heterocycles. The third-order valence-electron chi connectivity index (χ3n) is 4.66. The zero-order valence-corrected chi connectivity index (χ0v) is 17.3. The van der Waals surface area contributed by atoms with Crippen LogP contribution in [0, 0.1) is 5.92 Å². The summed E-state index contributed by atoms with van der Waals surface area (Å²) in [5, 5.41) is 2.87. The standard InChI is InChI=1S/C21H26N2O4S/c1-4-26-20(24)18(23-13-27-21(25)17(23)10-14(2)3)11-16-12-28-19(22-16)15-8-6-5-7-9-15/h5-9,12,14,17-18H,4,10-11,13H2,1-3H3. The molecule has 2 unspecified atom stereocenters. The molecule has 0 radical (unpaired) electrons. The lowest BCUT2D eigenvalue weighted by Gasteiger charge is -2.28. The first-order valence-electron chi connectivity index (χ1n) is 9.58. The molecule has 1 aromatic carbocycles. The fraction of sp³-hybridized carbons (Fsp3) is 0.476. The second-order valence-corrected chi connectivity index (χ2v) is 8.09. The lowest BCUT2D eigenvalue weighted by molar-refractivity contribution is -0.150. The number of rotatable bonds is 8. The summed E-state index contributed by atoms with van der Waals surface area (Å²) >= 11 is 1.54. The monoisotopic (exact) mass is 402 g/mol. The number of thiazole rings is 1. The molecule has 1 aliphatic heterocycles. The molecule has 3 rings (SSSR count). The molecule has 6 nitrogen and oxygen atoms in total. The molecule has 0 bridgehead atoms. The number of nitrogens with zero attached hydrogens (tertiary/aromatic N) is 2. The molecule has 0 aliphatic carbocycles. The van der Waals surface area contributed by atoms with E-state index in [2.05, 4.69) is 13.8 Å². The largest absolute Gasteiger partial charge is 0.465 e. The highest BCUT2D eigenvalue weighted by molar-refractivity contribution is 7.13. The topological polar surface area (TPSA) is 68.7 Å². The van der Waals surface area contributed by atoms with Crippen molar-refractivity contribution >= 4 is 23.3 Å². The number of carbonyl (C=O) groups excluding carboxylic acids is 2. The van der Waals surface area contributed by atoms with Crippen molar-refractivity contribution in [2.45, 2.75) is 45.7 Å². The van der Waals surface area contributed by atoms with Gasteiger partial charge in [-0.3, -0.25) is 9.59 Å². The first-order valence-corrected chi connectivity index (χ1v) is 10.5. The maximum absolute atomic E-state index is 12.7. The maximum Gasteiger partial charge on any atom is 0.324 e. The Balaban J connectivity index is 1.82. The van der Waals surface area contributed by atoms with E-state index in [1.54, 1.807) is 18.3 Å². The molecule has 1 fully saturated rings. The number of hydrogen-bond donors (Lipinski definition) is 0. The second kappa shape index (κ2) is 9.30. The van der Waals surface area contributed by atoms with Crippen molar-refractivity contribution in [3.8, 4) is 10.6 Å². The Bertz CT molecular complexity index is 806. The van der Waals surface area contributed by atoms with Crippen molar-refractivity contribution in [2.75, 3.05) is 13.3 Å². The van der Waals surface area contributed by atoms with E-state index in [4.69, 9.17) is 14.5 Å². The third-order valence-corrected chi connectivity index (χ3v) is 5.60. The lowest BCUT2D eigenvalue weighted by Crippen LogP contribution is -2.48. The summed E-state index contributed by atoms with van der Waals surface area (Å²) < 4.78 is 10.6. The molecule has 1 saturated heterocycles. The number of hydrogen-bond acceptors (Lipinski definition) is 7. The van der Waals surface area contributed by atoms with Crippen LogP contribution in [-0.2, 0) is 25.5 Å². The summed E-state index contributed by atoms with van der Waals surface area (Å²) in [5.41, 5.74) is 1.85. The minimum atomic E-state index is -0.596. The SMILES string of the molecule is CCOC(=O)C(Cc1csc(-c2ccccc2)n1)N1COC(=O)C1CC(C)C. The van der Waals surface area contributed by atoms with Gasteiger partial charge in [-0.25, -0.2) is 9.88 Å². The number of esters is 2. The molecular formula is C21H26N2O4S. The average Bonchev–Trinajstić information content (AvgIpc) is 3.28. The summed E-state index contributed by atoms with van der Waals surface area (Å²) in [6.45, 7) is 6.28. The molecule has 1 aromatic heterocycles. The van der Waals surface area contributed by atoms with E-state index in [0.29, 0.717) is 25.4 Å². The van der Waals surface area contributed by atoms with Gasteiger partial charge in [0.25, 0.3) is 0 Å². The third kappa shape index (κ3) is 4.77. The van der Waals surface area contributed by atoms with Gasteiger partial charge in [-0.05, 0) is 19.3 Å². The molecular weight excluding hydrogens is 376 g/mol. The zero-order valence-electron chi connectivity index (χ0n) is 16.5. The molecule has 1 aliphatic rings. The van der Waals surface area contributed by atoms with E-state index < -0.39 is 12.1 Å². The van der Waals surface area contributed by atoms with Gasteiger partial charge in [0.1, 0.15) is 23.8 Å². The highest BCUT2D eigenvalue weighted by atomic mass is 32.1. The van der Waals surface area contributed by atoms with Crippen LogP contribution in [0.4, 0.5) is 0 Å². The summed E-state index contributed by atoms with van der Waals surface area (Å²) in [6.07, 6.45) is 1.02. The Kier molecular flexibility index (Phi) is 6.80. The summed E-state index contributed by atoms with van der Waals surface area (Å²) in [7, 11) is 0. The first-order chi connectivity index (χ1) is 13.5. The van der Waals surface area contributed by atoms with E-state index in [0.717, 1.165) is 16.3 Å². The predicted octanol–water partition coefficient (Wildman–Crippen LogP) is 3.52. The Morgan fingerprint density at radius 2 is 2.11 bits per heavy atom. The van der Waals surface area contributed by atoms with Gasteiger partial charge < -0.3 is 9.47 Å². The van der Waals surface area contributed by atoms with Gasteiger partial charge in [0.15, 0.2) is 0 Å². The number of cyclic esters (lactones) is 1. The van der Waals surface area contributed by atoms with E-state index in [1.165, 1.54) is 0 Å². The maximum atomic E-state index is 12.7. The fourth-order valence-corrected chi connectivity index (χ4v) is 4.17. The molecule has 150 valence electrons. The number of benzene rings is 1. The Hall–Kier alpha value is -2.25. The minimum absolute atomic E-state index is 0.107. The summed E-state index contributed by atoms with van der Waals surface area (Å²) in [6, 6.07) is 8.91. The highest BCUT2D eigenvalue weighted by Gasteiger charge is 2.42. The smallest absolute Gasteiger partial charge is 0.324 e. The summed E-state index contributed by atoms with van der Waals surface area (Å²) in [4.78, 5) is 31.4. The normalized spacial score (nSPS) is 18.3. The molecule has 0 N–H and O–H groups in total. The van der Waals surface area contributed by atoms with Crippen LogP contribution >= 0.6 is 11.3 Å². The number of aromatic nitrogens is 1. The van der Waals surface area contributed by atoms with Gasteiger partial charge in [-0.15, -0.1) is 11.3 Å². The lowest BCUT2D eigenvalue weighted by atomic mass is 10.0. The van der Waals surface area contributed by atoms with E-state index >= 15 is 0 Å². The van der Waals surface area contributed by atoms with Gasteiger partial charge >= 0.3 is 11.9 Å². The zero-order chi connectivity index (χ0) is 20.1. The number of carbonyl (C=O) groups is 2. The Morgan fingerprint density at radius 3 is 2.79 bits per heavy atom. The average molecular weight is 403 g/mol. The molecule has 2 aromatic rings. The Labute approximate surface area is 169 Å². The molecule has 0 spiro atoms. The van der Waals surface area contributed by atoms with Gasteiger partial charge in [0.05, 0.1) is 12.3 Å². The second-order valence-electron chi connectivity index (χ2n) is 7.23. The van der Waals surface area contributed by atoms with Crippen molar-refractivity contribution < 1.29 is 19.1 Å². The van der Waals surface area contributed by atoms with Crippen LogP contribution in [0.15, 0.2) is 35.7 Å². The molecule has 0 saturated carbocycles. The fourth-order valence-electron chi connectivity index (χ4n) is 3.33. The van der Waals surface area contributed by atoms with Crippen LogP contribution in [0.5, 0.6) is 0 Å². The van der Waals surface area contributed by atoms with Crippen molar-refractivity contribution in [3.05, 3.63) is 41.4 Å². The molecule has 7 heteroatoms. The van der Waals surface area contributed by atoms with Gasteiger partial charge in [-0.2, -0.15) is 0 Å². The van der Waals surface area contributed by atoms with Gasteiger partial charge in [0, 0.05) is 17.4 Å². The van der Waals surface area contributed by atoms with Crippen molar-refractivity contribution in [1.29, 1.82) is 0 Å². The predicted molar refractivity (Wildman–Crippen MR) is 108 cm³/mol. The first kappa shape index (κ1) is 20.5. The van der Waals surface area contributed by atoms with Gasteiger partial charge in [-0.1, -0.05) is 44.2 Å². The molecule has 28 heavy (non-hydrogen) atoms. The van der Waals surface area contributed by atoms with Crippen LogP contribution in [0.3, 0.4) is 0 Å².